The van der Waals surface area contributed by atoms with Crippen LogP contribution in [0.25, 0.3) is 10.4 Å². The van der Waals surface area contributed by atoms with Gasteiger partial charge in [-0.15, -0.1) is 11.3 Å². The number of β-amino-alcohol motifs (C(OH)–C–C–N with tert-alkyl or cyclic N) is 1. The number of benzene rings is 1. The van der Waals surface area contributed by atoms with Crippen LogP contribution in [0.15, 0.2) is 29.8 Å². The molecule has 2 heterocycles. The highest BCUT2D eigenvalue weighted by atomic mass is 32.1. The van der Waals surface area contributed by atoms with Crippen LogP contribution in [0.3, 0.4) is 0 Å². The minimum atomic E-state index is -0.710. The second kappa shape index (κ2) is 14.0. The molecule has 1 aromatic heterocycles. The van der Waals surface area contributed by atoms with E-state index in [0.29, 0.717) is 17.9 Å². The first-order chi connectivity index (χ1) is 19.9. The number of likely N-dealkylation sites (tertiary alicyclic amines) is 1. The average molecular weight is 597 g/mol. The normalized spacial score (nSPS) is 24.9. The van der Waals surface area contributed by atoms with Crippen LogP contribution in [0, 0.1) is 24.2 Å². The predicted octanol–water partition coefficient (Wildman–Crippen LogP) is 6.26. The van der Waals surface area contributed by atoms with Crippen LogP contribution in [0.1, 0.15) is 104 Å². The van der Waals surface area contributed by atoms with Crippen molar-refractivity contribution in [1.82, 2.24) is 20.5 Å². The van der Waals surface area contributed by atoms with Crippen LogP contribution in [0.2, 0.25) is 0 Å². The SMILES string of the molecule is CCCCC(C)C1CCC(N[C@H](C(=O)N2C[C@H](O)C[C@H]2C(=O)N[C@@H](C)c2ccc(-c3scnc3C)cc2)C(C)(C)C)C1. The van der Waals surface area contributed by atoms with Crippen molar-refractivity contribution in [2.45, 2.75) is 124 Å². The first kappa shape index (κ1) is 32.6. The molecule has 0 bridgehead atoms. The summed E-state index contributed by atoms with van der Waals surface area (Å²) < 4.78 is 0. The molecular weight excluding hydrogens is 544 g/mol. The summed E-state index contributed by atoms with van der Waals surface area (Å²) in [7, 11) is 0. The van der Waals surface area contributed by atoms with Crippen LogP contribution in [-0.4, -0.2) is 57.6 Å². The van der Waals surface area contributed by atoms with Crippen LogP contribution in [0.4, 0.5) is 0 Å². The number of aliphatic hydroxyl groups is 1. The number of unbranched alkanes of at least 4 members (excludes halogenated alkanes) is 1. The molecule has 4 rings (SSSR count). The molecule has 2 aromatic rings. The first-order valence-corrected chi connectivity index (χ1v) is 16.8. The van der Waals surface area contributed by atoms with E-state index in [-0.39, 0.29) is 36.2 Å². The lowest BCUT2D eigenvalue weighted by atomic mass is 9.84. The van der Waals surface area contributed by atoms with Gasteiger partial charge in [-0.25, -0.2) is 4.98 Å². The van der Waals surface area contributed by atoms with Gasteiger partial charge in [-0.3, -0.25) is 9.59 Å². The summed E-state index contributed by atoms with van der Waals surface area (Å²) in [5.74, 6) is 1.10. The molecule has 1 aromatic carbocycles. The monoisotopic (exact) mass is 596 g/mol. The van der Waals surface area contributed by atoms with Crippen molar-refractivity contribution in [3.05, 3.63) is 41.0 Å². The standard InChI is InChI=1S/C34H52N4O3S/c1-8-9-10-21(2)26-15-16-27(17-26)37-31(34(5,6)7)33(41)38-19-28(39)18-29(38)32(40)36-22(3)24-11-13-25(14-12-24)30-23(4)35-20-42-30/h11-14,20-22,26-29,31,37,39H,8-10,15-19H2,1-7H3,(H,36,40)/t21?,22-,26?,27?,28+,29-,31+/m0/s1. The number of carbonyl (C=O) groups excluding carboxylic acids is 2. The van der Waals surface area contributed by atoms with E-state index >= 15 is 0 Å². The number of carbonyl (C=O) groups is 2. The zero-order chi connectivity index (χ0) is 30.6. The molecule has 42 heavy (non-hydrogen) atoms. The molecule has 8 heteroatoms. The molecule has 2 amide bonds. The van der Waals surface area contributed by atoms with E-state index < -0.39 is 18.2 Å². The Hall–Kier alpha value is -2.29. The third-order valence-electron chi connectivity index (χ3n) is 9.45. The Morgan fingerprint density at radius 2 is 1.86 bits per heavy atom. The Morgan fingerprint density at radius 3 is 2.48 bits per heavy atom. The fraction of sp³-hybridized carbons (Fsp3) is 0.676. The van der Waals surface area contributed by atoms with E-state index in [1.165, 1.54) is 25.7 Å². The predicted molar refractivity (Wildman–Crippen MR) is 171 cm³/mol. The number of nitrogens with zero attached hydrogens (tertiary/aromatic N) is 2. The smallest absolute Gasteiger partial charge is 0.243 e. The van der Waals surface area contributed by atoms with Gasteiger partial charge in [0.2, 0.25) is 11.8 Å². The lowest BCUT2D eigenvalue weighted by molar-refractivity contribution is -0.142. The van der Waals surface area contributed by atoms with Crippen molar-refractivity contribution >= 4 is 23.2 Å². The third kappa shape index (κ3) is 7.80. The Kier molecular flexibility index (Phi) is 10.9. The number of hydrogen-bond acceptors (Lipinski definition) is 6. The molecule has 0 radical (unpaired) electrons. The molecule has 232 valence electrons. The highest BCUT2D eigenvalue weighted by Gasteiger charge is 2.45. The number of amides is 2. The van der Waals surface area contributed by atoms with Crippen LogP contribution < -0.4 is 10.6 Å². The van der Waals surface area contributed by atoms with Gasteiger partial charge in [-0.1, -0.05) is 78.1 Å². The number of aromatic nitrogens is 1. The Labute approximate surface area is 256 Å². The summed E-state index contributed by atoms with van der Waals surface area (Å²) in [6.45, 7) is 15.0. The molecule has 0 spiro atoms. The van der Waals surface area contributed by atoms with Gasteiger partial charge in [0.15, 0.2) is 0 Å². The fourth-order valence-corrected chi connectivity index (χ4v) is 7.55. The fourth-order valence-electron chi connectivity index (χ4n) is 6.74. The maximum atomic E-state index is 14.1. The number of hydrogen-bond donors (Lipinski definition) is 3. The van der Waals surface area contributed by atoms with Crippen LogP contribution in [-0.2, 0) is 9.59 Å². The molecule has 1 aliphatic carbocycles. The van der Waals surface area contributed by atoms with Gasteiger partial charge in [-0.2, -0.15) is 0 Å². The van der Waals surface area contributed by atoms with E-state index in [2.05, 4.69) is 62.4 Å². The number of rotatable bonds is 11. The minimum absolute atomic E-state index is 0.0846. The second-order valence-electron chi connectivity index (χ2n) is 13.9. The van der Waals surface area contributed by atoms with Gasteiger partial charge >= 0.3 is 0 Å². The Morgan fingerprint density at radius 1 is 1.14 bits per heavy atom. The van der Waals surface area contributed by atoms with Gasteiger partial charge in [0.1, 0.15) is 6.04 Å². The van der Waals surface area contributed by atoms with E-state index in [1.54, 1.807) is 16.2 Å². The maximum absolute atomic E-state index is 14.1. The van der Waals surface area contributed by atoms with Gasteiger partial charge in [-0.05, 0) is 61.5 Å². The highest BCUT2D eigenvalue weighted by Crippen LogP contribution is 2.36. The summed E-state index contributed by atoms with van der Waals surface area (Å²) in [6.07, 6.45) is 6.69. The lowest BCUT2D eigenvalue weighted by Gasteiger charge is -2.37. The summed E-state index contributed by atoms with van der Waals surface area (Å²) >= 11 is 1.62. The van der Waals surface area contributed by atoms with Crippen molar-refractivity contribution in [2.24, 2.45) is 17.3 Å². The van der Waals surface area contributed by atoms with E-state index in [4.69, 9.17) is 0 Å². The Balaban J connectivity index is 1.41. The van der Waals surface area contributed by atoms with Gasteiger partial charge in [0.25, 0.3) is 0 Å². The van der Waals surface area contributed by atoms with Crippen molar-refractivity contribution in [1.29, 1.82) is 0 Å². The van der Waals surface area contributed by atoms with Gasteiger partial charge in [0.05, 0.1) is 34.3 Å². The van der Waals surface area contributed by atoms with Gasteiger partial charge in [0, 0.05) is 19.0 Å². The zero-order valence-electron chi connectivity index (χ0n) is 26.7. The summed E-state index contributed by atoms with van der Waals surface area (Å²) in [4.78, 5) is 34.8. The quantitative estimate of drug-likeness (QED) is 0.285. The first-order valence-electron chi connectivity index (χ1n) is 15.9. The van der Waals surface area contributed by atoms with E-state index in [0.717, 1.165) is 34.5 Å². The Bertz CT molecular complexity index is 1190. The maximum Gasteiger partial charge on any atom is 0.243 e. The number of aliphatic hydroxyl groups excluding tert-OH is 1. The van der Waals surface area contributed by atoms with Crippen molar-refractivity contribution in [3.8, 4) is 10.4 Å². The summed E-state index contributed by atoms with van der Waals surface area (Å²) in [6, 6.07) is 7.14. The molecular formula is C34H52N4O3S. The lowest BCUT2D eigenvalue weighted by Crippen LogP contribution is -2.58. The van der Waals surface area contributed by atoms with Crippen molar-refractivity contribution < 1.29 is 14.7 Å². The number of thiazole rings is 1. The largest absolute Gasteiger partial charge is 0.391 e. The molecule has 1 saturated carbocycles. The van der Waals surface area contributed by atoms with Crippen molar-refractivity contribution in [2.75, 3.05) is 6.54 Å². The number of nitrogens with one attached hydrogen (secondary N) is 2. The third-order valence-corrected chi connectivity index (χ3v) is 10.4. The molecule has 7 nitrogen and oxygen atoms in total. The number of aryl methyl sites for hydroxylation is 1. The zero-order valence-corrected chi connectivity index (χ0v) is 27.5. The highest BCUT2D eigenvalue weighted by molar-refractivity contribution is 7.13. The molecule has 2 aliphatic rings. The van der Waals surface area contributed by atoms with Crippen molar-refractivity contribution in [3.63, 3.8) is 0 Å². The van der Waals surface area contributed by atoms with Gasteiger partial charge < -0.3 is 20.6 Å². The molecule has 1 aliphatic heterocycles. The van der Waals surface area contributed by atoms with E-state index in [9.17, 15) is 14.7 Å². The molecule has 3 N–H and O–H groups in total. The molecule has 1 saturated heterocycles. The molecule has 3 unspecified atom stereocenters. The minimum Gasteiger partial charge on any atom is -0.391 e. The van der Waals surface area contributed by atoms with E-state index in [1.807, 2.05) is 31.5 Å². The van der Waals surface area contributed by atoms with Crippen LogP contribution >= 0.6 is 11.3 Å². The molecule has 7 atom stereocenters. The van der Waals surface area contributed by atoms with Crippen LogP contribution in [0.5, 0.6) is 0 Å². The second-order valence-corrected chi connectivity index (χ2v) is 14.7. The molecule has 2 fully saturated rings. The summed E-state index contributed by atoms with van der Waals surface area (Å²) in [5.41, 5.74) is 4.63. The average Bonchev–Trinajstić information content (AvgIpc) is 3.69. The topological polar surface area (TPSA) is 94.6 Å². The summed E-state index contributed by atoms with van der Waals surface area (Å²) in [5, 5.41) is 17.4.